The molecule has 0 unspecified atom stereocenters. The Morgan fingerprint density at radius 1 is 1.21 bits per heavy atom. The second-order valence-electron chi connectivity index (χ2n) is 6.39. The number of anilines is 2. The Hall–Kier alpha value is -3.42. The third kappa shape index (κ3) is 4.11. The van der Waals surface area contributed by atoms with Crippen LogP contribution in [0.3, 0.4) is 0 Å². The lowest BCUT2D eigenvalue weighted by molar-refractivity contribution is -0.114. The van der Waals surface area contributed by atoms with E-state index in [-0.39, 0.29) is 12.5 Å². The second-order valence-corrected chi connectivity index (χ2v) is 6.39. The average molecular weight is 380 g/mol. The second kappa shape index (κ2) is 8.51. The highest BCUT2D eigenvalue weighted by atomic mass is 16.5. The number of hydrogen-bond acceptors (Lipinski definition) is 6. The summed E-state index contributed by atoms with van der Waals surface area (Å²) in [5.74, 6) is 1.16. The summed E-state index contributed by atoms with van der Waals surface area (Å²) in [5.41, 5.74) is 4.52. The molecule has 0 aliphatic carbocycles. The van der Waals surface area contributed by atoms with Crippen LogP contribution in [0.5, 0.6) is 5.75 Å². The zero-order chi connectivity index (χ0) is 20.1. The molecule has 3 rings (SSSR count). The molecule has 2 N–H and O–H groups in total. The van der Waals surface area contributed by atoms with Crippen LogP contribution in [0.4, 0.5) is 11.4 Å². The minimum absolute atomic E-state index is 0.111. The van der Waals surface area contributed by atoms with E-state index in [4.69, 9.17) is 4.74 Å². The maximum Gasteiger partial charge on any atom is 0.243 e. The molecular formula is C20H24N6O2. The van der Waals surface area contributed by atoms with E-state index in [1.165, 1.54) is 0 Å². The molecule has 8 nitrogen and oxygen atoms in total. The number of benzene rings is 2. The predicted octanol–water partition coefficient (Wildman–Crippen LogP) is 2.90. The number of nitrogens with one attached hydrogen (secondary N) is 2. The molecule has 0 atom stereocenters. The number of tetrazole rings is 1. The first-order valence-corrected chi connectivity index (χ1v) is 9.09. The van der Waals surface area contributed by atoms with Crippen molar-refractivity contribution in [3.63, 3.8) is 0 Å². The maximum atomic E-state index is 12.5. The van der Waals surface area contributed by atoms with Gasteiger partial charge in [-0.15, -0.1) is 5.10 Å². The number of rotatable bonds is 7. The summed E-state index contributed by atoms with van der Waals surface area (Å²) in [6, 6.07) is 11.5. The van der Waals surface area contributed by atoms with Crippen molar-refractivity contribution in [1.29, 1.82) is 0 Å². The van der Waals surface area contributed by atoms with Gasteiger partial charge in [0.1, 0.15) is 11.4 Å². The lowest BCUT2D eigenvalue weighted by Crippen LogP contribution is -2.23. The van der Waals surface area contributed by atoms with Crippen LogP contribution in [0.1, 0.15) is 23.9 Å². The Labute approximate surface area is 163 Å². The van der Waals surface area contributed by atoms with Gasteiger partial charge >= 0.3 is 0 Å². The van der Waals surface area contributed by atoms with Gasteiger partial charge in [0.15, 0.2) is 5.82 Å². The van der Waals surface area contributed by atoms with E-state index < -0.39 is 0 Å². The van der Waals surface area contributed by atoms with Crippen molar-refractivity contribution in [2.45, 2.75) is 27.2 Å². The van der Waals surface area contributed by atoms with Crippen molar-refractivity contribution in [2.75, 3.05) is 24.3 Å². The first kappa shape index (κ1) is 19.3. The fourth-order valence-electron chi connectivity index (χ4n) is 2.99. The molecule has 0 radical (unpaired) electrons. The quantitative estimate of drug-likeness (QED) is 0.655. The van der Waals surface area contributed by atoms with Crippen LogP contribution < -0.4 is 15.4 Å². The Morgan fingerprint density at radius 2 is 2.04 bits per heavy atom. The molecule has 0 saturated heterocycles. The molecule has 146 valence electrons. The normalized spacial score (nSPS) is 10.6. The number of ether oxygens (including phenoxy) is 1. The van der Waals surface area contributed by atoms with Crippen molar-refractivity contribution in [3.05, 3.63) is 53.3 Å². The number of methoxy groups -OCH3 is 1. The van der Waals surface area contributed by atoms with Crippen molar-refractivity contribution in [2.24, 2.45) is 0 Å². The number of aromatic nitrogens is 4. The Bertz CT molecular complexity index is 983. The van der Waals surface area contributed by atoms with Gasteiger partial charge in [-0.3, -0.25) is 4.79 Å². The Kier molecular flexibility index (Phi) is 5.88. The summed E-state index contributed by atoms with van der Waals surface area (Å²) in [5, 5.41) is 17.7. The molecule has 0 bridgehead atoms. The smallest absolute Gasteiger partial charge is 0.243 e. The van der Waals surface area contributed by atoms with Gasteiger partial charge < -0.3 is 15.4 Å². The molecule has 1 heterocycles. The van der Waals surface area contributed by atoms with Gasteiger partial charge in [-0.05, 0) is 60.0 Å². The summed E-state index contributed by atoms with van der Waals surface area (Å²) in [7, 11) is 1.59. The third-order valence-corrected chi connectivity index (χ3v) is 4.49. The molecule has 8 heteroatoms. The van der Waals surface area contributed by atoms with E-state index in [1.807, 2.05) is 43.3 Å². The van der Waals surface area contributed by atoms with Gasteiger partial charge in [0, 0.05) is 11.4 Å². The van der Waals surface area contributed by atoms with Crippen molar-refractivity contribution < 1.29 is 9.53 Å². The summed E-state index contributed by atoms with van der Waals surface area (Å²) < 4.78 is 6.99. The van der Waals surface area contributed by atoms with Crippen LogP contribution in [0, 0.1) is 13.8 Å². The number of aryl methyl sites for hydroxylation is 3. The Morgan fingerprint density at radius 3 is 2.71 bits per heavy atom. The van der Waals surface area contributed by atoms with Crippen LogP contribution in [-0.2, 0) is 11.2 Å². The molecule has 3 aromatic rings. The fraction of sp³-hybridized carbons (Fsp3) is 0.300. The van der Waals surface area contributed by atoms with Gasteiger partial charge in [0.05, 0.1) is 13.7 Å². The predicted molar refractivity (Wildman–Crippen MR) is 108 cm³/mol. The summed E-state index contributed by atoms with van der Waals surface area (Å²) in [6.07, 6.45) is 0.859. The van der Waals surface area contributed by atoms with E-state index in [2.05, 4.69) is 33.1 Å². The van der Waals surface area contributed by atoms with Crippen LogP contribution in [0.2, 0.25) is 0 Å². The molecule has 1 aromatic heterocycles. The van der Waals surface area contributed by atoms with Crippen molar-refractivity contribution >= 4 is 17.3 Å². The summed E-state index contributed by atoms with van der Waals surface area (Å²) in [4.78, 5) is 12.5. The van der Waals surface area contributed by atoms with Gasteiger partial charge in [0.25, 0.3) is 0 Å². The number of hydrogen-bond donors (Lipinski definition) is 2. The largest absolute Gasteiger partial charge is 0.494 e. The lowest BCUT2D eigenvalue weighted by atomic mass is 10.1. The monoisotopic (exact) mass is 380 g/mol. The highest BCUT2D eigenvalue weighted by Gasteiger charge is 2.12. The van der Waals surface area contributed by atoms with Gasteiger partial charge in [-0.25, -0.2) is 0 Å². The van der Waals surface area contributed by atoms with Crippen LogP contribution in [-0.4, -0.2) is 39.8 Å². The summed E-state index contributed by atoms with van der Waals surface area (Å²) in [6.45, 7) is 6.01. The minimum atomic E-state index is -0.111. The van der Waals surface area contributed by atoms with Gasteiger partial charge in [-0.2, -0.15) is 4.68 Å². The molecule has 0 fully saturated rings. The number of amides is 1. The van der Waals surface area contributed by atoms with E-state index in [9.17, 15) is 4.79 Å². The molecular weight excluding hydrogens is 356 g/mol. The topological polar surface area (TPSA) is 94.0 Å². The molecule has 1 amide bonds. The van der Waals surface area contributed by atoms with Crippen LogP contribution in [0.25, 0.3) is 5.69 Å². The van der Waals surface area contributed by atoms with Crippen molar-refractivity contribution in [1.82, 2.24) is 20.2 Å². The van der Waals surface area contributed by atoms with E-state index in [0.717, 1.165) is 28.9 Å². The van der Waals surface area contributed by atoms with Crippen LogP contribution >= 0.6 is 0 Å². The molecule has 0 saturated carbocycles. The molecule has 2 aromatic carbocycles. The molecule has 0 spiro atoms. The number of carbonyl (C=O) groups excluding carboxylic acids is 1. The Balaban J connectivity index is 1.73. The third-order valence-electron chi connectivity index (χ3n) is 4.49. The standard InChI is InChI=1S/C20H24N6O2/c1-5-15-8-6-7-13(2)20(15)22-19(27)12-21-16-9-10-18(28-4)17(11-16)26-14(3)23-24-25-26/h6-11,21H,5,12H2,1-4H3,(H,22,27). The number of para-hydroxylation sites is 1. The first-order valence-electron chi connectivity index (χ1n) is 9.09. The highest BCUT2D eigenvalue weighted by molar-refractivity contribution is 5.95. The highest BCUT2D eigenvalue weighted by Crippen LogP contribution is 2.26. The summed E-state index contributed by atoms with van der Waals surface area (Å²) >= 11 is 0. The SMILES string of the molecule is CCc1cccc(C)c1NC(=O)CNc1ccc(OC)c(-n2nnnc2C)c1. The van der Waals surface area contributed by atoms with E-state index in [0.29, 0.717) is 17.3 Å². The number of carbonyl (C=O) groups is 1. The number of nitrogens with zero attached hydrogens (tertiary/aromatic N) is 4. The molecule has 0 aliphatic heterocycles. The molecule has 28 heavy (non-hydrogen) atoms. The lowest BCUT2D eigenvalue weighted by Gasteiger charge is -2.15. The molecule has 0 aliphatic rings. The van der Waals surface area contributed by atoms with Gasteiger partial charge in [-0.1, -0.05) is 25.1 Å². The van der Waals surface area contributed by atoms with E-state index >= 15 is 0 Å². The zero-order valence-corrected chi connectivity index (χ0v) is 16.5. The van der Waals surface area contributed by atoms with Crippen molar-refractivity contribution in [3.8, 4) is 11.4 Å². The van der Waals surface area contributed by atoms with E-state index in [1.54, 1.807) is 18.7 Å². The first-order chi connectivity index (χ1) is 13.5. The average Bonchev–Trinajstić information content (AvgIpc) is 3.13. The fourth-order valence-corrected chi connectivity index (χ4v) is 2.99. The maximum absolute atomic E-state index is 12.5. The van der Waals surface area contributed by atoms with Gasteiger partial charge in [0.2, 0.25) is 5.91 Å². The zero-order valence-electron chi connectivity index (χ0n) is 16.5. The van der Waals surface area contributed by atoms with Crippen LogP contribution in [0.15, 0.2) is 36.4 Å². The minimum Gasteiger partial charge on any atom is -0.494 e.